The summed E-state index contributed by atoms with van der Waals surface area (Å²) in [7, 11) is 7.43. The zero-order valence-electron chi connectivity index (χ0n) is 15.8. The standard InChI is InChI=1S/C20H21N3O3.ClH/c1-21(2)9-10-23-19(24)13-6-8-16-17(18(13)20(23)25)14-11-12(26-4)5-7-15(14)22(16)3;/h5-8,11H,9-10H2,1-4H3;1H. The minimum absolute atomic E-state index is 0. The van der Waals surface area contributed by atoms with E-state index >= 15 is 0 Å². The van der Waals surface area contributed by atoms with Crippen molar-refractivity contribution in [2.45, 2.75) is 0 Å². The number of hydrogen-bond acceptors (Lipinski definition) is 4. The molecule has 4 rings (SSSR count). The number of hydrogen-bond donors (Lipinski definition) is 0. The van der Waals surface area contributed by atoms with Gasteiger partial charge in [-0.2, -0.15) is 0 Å². The molecule has 142 valence electrons. The van der Waals surface area contributed by atoms with E-state index in [4.69, 9.17) is 4.74 Å². The first-order valence-electron chi connectivity index (χ1n) is 8.54. The fourth-order valence-electron chi connectivity index (χ4n) is 3.68. The van der Waals surface area contributed by atoms with Gasteiger partial charge in [0.25, 0.3) is 11.8 Å². The number of fused-ring (bicyclic) bond motifs is 5. The van der Waals surface area contributed by atoms with Crippen LogP contribution in [0.5, 0.6) is 5.75 Å². The number of halogens is 1. The van der Waals surface area contributed by atoms with E-state index in [1.54, 1.807) is 13.2 Å². The summed E-state index contributed by atoms with van der Waals surface area (Å²) < 4.78 is 7.40. The average Bonchev–Trinajstić information content (AvgIpc) is 3.05. The molecule has 0 saturated heterocycles. The Balaban J connectivity index is 0.00000210. The van der Waals surface area contributed by atoms with Gasteiger partial charge in [0.05, 0.1) is 18.2 Å². The van der Waals surface area contributed by atoms with Gasteiger partial charge in [-0.15, -0.1) is 12.4 Å². The fourth-order valence-corrected chi connectivity index (χ4v) is 3.68. The quantitative estimate of drug-likeness (QED) is 0.646. The summed E-state index contributed by atoms with van der Waals surface area (Å²) in [4.78, 5) is 29.2. The highest BCUT2D eigenvalue weighted by Gasteiger charge is 2.37. The second-order valence-electron chi connectivity index (χ2n) is 6.89. The predicted octanol–water partition coefficient (Wildman–Crippen LogP) is 2.92. The minimum atomic E-state index is -0.215. The van der Waals surface area contributed by atoms with Crippen LogP contribution in [-0.2, 0) is 7.05 Å². The Bertz CT molecular complexity index is 1070. The van der Waals surface area contributed by atoms with Gasteiger partial charge in [0, 0.05) is 41.9 Å². The van der Waals surface area contributed by atoms with Crippen molar-refractivity contribution in [3.63, 3.8) is 0 Å². The Hall–Kier alpha value is -2.57. The number of carbonyl (C=O) groups is 2. The second-order valence-corrected chi connectivity index (χ2v) is 6.89. The SMILES string of the molecule is COc1ccc2c(c1)c1c3c(ccc1n2C)C(=O)N(CCN(C)C)C3=O.Cl. The molecule has 0 atom stereocenters. The third kappa shape index (κ3) is 2.76. The van der Waals surface area contributed by atoms with Crippen molar-refractivity contribution in [3.8, 4) is 5.75 Å². The van der Waals surface area contributed by atoms with Gasteiger partial charge >= 0.3 is 0 Å². The van der Waals surface area contributed by atoms with E-state index in [1.165, 1.54) is 4.90 Å². The maximum absolute atomic E-state index is 13.1. The van der Waals surface area contributed by atoms with Crippen LogP contribution < -0.4 is 4.74 Å². The number of aryl methyl sites for hydroxylation is 1. The largest absolute Gasteiger partial charge is 0.497 e. The molecule has 27 heavy (non-hydrogen) atoms. The van der Waals surface area contributed by atoms with Crippen LogP contribution in [0, 0.1) is 0 Å². The van der Waals surface area contributed by atoms with Gasteiger partial charge < -0.3 is 14.2 Å². The van der Waals surface area contributed by atoms with Gasteiger partial charge in [0.1, 0.15) is 5.75 Å². The Labute approximate surface area is 163 Å². The topological polar surface area (TPSA) is 54.8 Å². The van der Waals surface area contributed by atoms with Crippen molar-refractivity contribution >= 4 is 46.0 Å². The van der Waals surface area contributed by atoms with E-state index < -0.39 is 0 Å². The first-order valence-corrected chi connectivity index (χ1v) is 8.54. The lowest BCUT2D eigenvalue weighted by molar-refractivity contribution is 0.0645. The number of methoxy groups -OCH3 is 1. The van der Waals surface area contributed by atoms with Crippen LogP contribution in [0.3, 0.4) is 0 Å². The van der Waals surface area contributed by atoms with Crippen LogP contribution in [0.2, 0.25) is 0 Å². The maximum Gasteiger partial charge on any atom is 0.262 e. The number of nitrogens with zero attached hydrogens (tertiary/aromatic N) is 3. The fraction of sp³-hybridized carbons (Fsp3) is 0.300. The summed E-state index contributed by atoms with van der Waals surface area (Å²) in [6.45, 7) is 1.02. The highest BCUT2D eigenvalue weighted by atomic mass is 35.5. The molecule has 1 aliphatic rings. The van der Waals surface area contributed by atoms with Crippen molar-refractivity contribution in [3.05, 3.63) is 41.5 Å². The number of carbonyl (C=O) groups excluding carboxylic acids is 2. The molecule has 7 heteroatoms. The van der Waals surface area contributed by atoms with E-state index in [1.807, 2.05) is 54.9 Å². The zero-order valence-corrected chi connectivity index (χ0v) is 16.6. The van der Waals surface area contributed by atoms with E-state index in [0.29, 0.717) is 24.2 Å². The van der Waals surface area contributed by atoms with Crippen LogP contribution in [0.15, 0.2) is 30.3 Å². The molecule has 0 aliphatic carbocycles. The van der Waals surface area contributed by atoms with Crippen LogP contribution in [-0.4, -0.2) is 60.5 Å². The van der Waals surface area contributed by atoms with Crippen molar-refractivity contribution in [1.29, 1.82) is 0 Å². The Morgan fingerprint density at radius 1 is 1.04 bits per heavy atom. The molecule has 0 fully saturated rings. The molecule has 0 radical (unpaired) electrons. The van der Waals surface area contributed by atoms with Crippen LogP contribution in [0.4, 0.5) is 0 Å². The molecule has 2 amide bonds. The summed E-state index contributed by atoms with van der Waals surface area (Å²) in [6.07, 6.45) is 0. The van der Waals surface area contributed by atoms with Crippen molar-refractivity contribution in [2.75, 3.05) is 34.3 Å². The van der Waals surface area contributed by atoms with E-state index in [0.717, 1.165) is 27.6 Å². The first-order chi connectivity index (χ1) is 12.4. The first kappa shape index (κ1) is 19.2. The predicted molar refractivity (Wildman–Crippen MR) is 108 cm³/mol. The lowest BCUT2D eigenvalue weighted by Crippen LogP contribution is -2.35. The summed E-state index contributed by atoms with van der Waals surface area (Å²) in [5.41, 5.74) is 2.92. The number of ether oxygens (including phenoxy) is 1. The molecule has 3 aromatic rings. The number of rotatable bonds is 4. The van der Waals surface area contributed by atoms with Crippen LogP contribution >= 0.6 is 12.4 Å². The number of aromatic nitrogens is 1. The summed E-state index contributed by atoms with van der Waals surface area (Å²) in [5.74, 6) is 0.297. The van der Waals surface area contributed by atoms with Gasteiger partial charge in [0.15, 0.2) is 0 Å². The Morgan fingerprint density at radius 3 is 2.41 bits per heavy atom. The third-order valence-electron chi connectivity index (χ3n) is 5.08. The van der Waals surface area contributed by atoms with Gasteiger partial charge in [-0.25, -0.2) is 0 Å². The van der Waals surface area contributed by atoms with Crippen molar-refractivity contribution < 1.29 is 14.3 Å². The molecule has 0 saturated carbocycles. The molecule has 0 unspecified atom stereocenters. The highest BCUT2D eigenvalue weighted by Crippen LogP contribution is 2.37. The zero-order chi connectivity index (χ0) is 18.6. The monoisotopic (exact) mass is 387 g/mol. The van der Waals surface area contributed by atoms with E-state index in [-0.39, 0.29) is 24.2 Å². The summed E-state index contributed by atoms with van der Waals surface area (Å²) in [6, 6.07) is 9.49. The molecule has 2 aromatic carbocycles. The molecular formula is C20H22ClN3O3. The van der Waals surface area contributed by atoms with Crippen LogP contribution in [0.1, 0.15) is 20.7 Å². The molecule has 2 heterocycles. The number of imide groups is 1. The van der Waals surface area contributed by atoms with Crippen molar-refractivity contribution in [1.82, 2.24) is 14.4 Å². The van der Waals surface area contributed by atoms with Gasteiger partial charge in [0.2, 0.25) is 0 Å². The highest BCUT2D eigenvalue weighted by molar-refractivity contribution is 6.30. The number of likely N-dealkylation sites (N-methyl/N-ethyl adjacent to an activating group) is 1. The smallest absolute Gasteiger partial charge is 0.262 e. The lowest BCUT2D eigenvalue weighted by Gasteiger charge is -2.16. The summed E-state index contributed by atoms with van der Waals surface area (Å²) >= 11 is 0. The minimum Gasteiger partial charge on any atom is -0.497 e. The van der Waals surface area contributed by atoms with Gasteiger partial charge in [-0.05, 0) is 44.4 Å². The molecular weight excluding hydrogens is 366 g/mol. The molecule has 1 aromatic heterocycles. The normalized spacial score (nSPS) is 13.6. The lowest BCUT2D eigenvalue weighted by atomic mass is 10.0. The number of benzene rings is 2. The second kappa shape index (κ2) is 6.87. The third-order valence-corrected chi connectivity index (χ3v) is 5.08. The maximum atomic E-state index is 13.1. The molecule has 0 bridgehead atoms. The van der Waals surface area contributed by atoms with Crippen molar-refractivity contribution in [2.24, 2.45) is 7.05 Å². The van der Waals surface area contributed by atoms with Gasteiger partial charge in [-0.1, -0.05) is 0 Å². The Kier molecular flexibility index (Phi) is 4.88. The molecule has 1 aliphatic heterocycles. The molecule has 0 N–H and O–H groups in total. The van der Waals surface area contributed by atoms with Gasteiger partial charge in [-0.3, -0.25) is 14.5 Å². The Morgan fingerprint density at radius 2 is 1.74 bits per heavy atom. The van der Waals surface area contributed by atoms with E-state index in [2.05, 4.69) is 0 Å². The molecule has 6 nitrogen and oxygen atoms in total. The number of amides is 2. The van der Waals surface area contributed by atoms with Crippen LogP contribution in [0.25, 0.3) is 21.8 Å². The summed E-state index contributed by atoms with van der Waals surface area (Å²) in [5, 5.41) is 1.75. The molecule has 0 spiro atoms. The van der Waals surface area contributed by atoms with E-state index in [9.17, 15) is 9.59 Å². The average molecular weight is 388 g/mol.